The maximum atomic E-state index is 5.85. The quantitative estimate of drug-likeness (QED) is 0.437. The molecule has 9 nitrogen and oxygen atoms in total. The van der Waals surface area contributed by atoms with Gasteiger partial charge in [0, 0.05) is 43.5 Å². The minimum absolute atomic E-state index is 0.311. The standard InChI is InChI=1S/C22H26N6O3/c1-16-13-21(31-17(16)2)27-24-15-19-14-20(28-8-11-29-12-9-28)26-22(25-19)30-10-6-18-5-3-4-7-23-18/h3-5,7,13-15,27H,6,8-12H2,1-2H3/b24-15+. The van der Waals surface area contributed by atoms with Gasteiger partial charge in [0.15, 0.2) is 0 Å². The topological polar surface area (TPSA) is 97.9 Å². The van der Waals surface area contributed by atoms with Crippen molar-refractivity contribution in [1.29, 1.82) is 0 Å². The first-order valence-corrected chi connectivity index (χ1v) is 10.3. The molecule has 0 aliphatic carbocycles. The van der Waals surface area contributed by atoms with Crippen LogP contribution in [0, 0.1) is 13.8 Å². The molecule has 1 saturated heterocycles. The predicted octanol–water partition coefficient (Wildman–Crippen LogP) is 2.99. The molecule has 0 amide bonds. The second-order valence-electron chi connectivity index (χ2n) is 7.17. The fraction of sp³-hybridized carbons (Fsp3) is 0.364. The van der Waals surface area contributed by atoms with Crippen LogP contribution in [0.3, 0.4) is 0 Å². The van der Waals surface area contributed by atoms with E-state index < -0.39 is 0 Å². The van der Waals surface area contributed by atoms with Gasteiger partial charge in [-0.15, -0.1) is 0 Å². The molecular weight excluding hydrogens is 396 g/mol. The van der Waals surface area contributed by atoms with Crippen molar-refractivity contribution in [2.75, 3.05) is 43.2 Å². The van der Waals surface area contributed by atoms with E-state index >= 15 is 0 Å². The molecule has 1 aliphatic rings. The number of hydrazone groups is 1. The molecular formula is C22H26N6O3. The molecule has 0 bridgehead atoms. The normalized spacial score (nSPS) is 14.2. The Labute approximate surface area is 181 Å². The maximum absolute atomic E-state index is 5.85. The second kappa shape index (κ2) is 10.0. The summed E-state index contributed by atoms with van der Waals surface area (Å²) in [7, 11) is 0. The zero-order valence-electron chi connectivity index (χ0n) is 17.7. The van der Waals surface area contributed by atoms with E-state index in [0.29, 0.717) is 43.8 Å². The van der Waals surface area contributed by atoms with Crippen LogP contribution >= 0.6 is 0 Å². The van der Waals surface area contributed by atoms with Crippen molar-refractivity contribution >= 4 is 17.9 Å². The first-order valence-electron chi connectivity index (χ1n) is 10.3. The molecule has 1 N–H and O–H groups in total. The molecule has 0 aromatic carbocycles. The largest absolute Gasteiger partial charge is 0.463 e. The Balaban J connectivity index is 1.47. The van der Waals surface area contributed by atoms with Gasteiger partial charge < -0.3 is 18.8 Å². The zero-order chi connectivity index (χ0) is 21.5. The van der Waals surface area contributed by atoms with Gasteiger partial charge in [0.2, 0.25) is 5.88 Å². The SMILES string of the molecule is Cc1cc(N/N=C/c2cc(N3CCOCC3)nc(OCCc3ccccn3)n2)oc1C. The van der Waals surface area contributed by atoms with Gasteiger partial charge in [0.25, 0.3) is 0 Å². The average molecular weight is 422 g/mol. The molecule has 0 radical (unpaired) electrons. The summed E-state index contributed by atoms with van der Waals surface area (Å²) in [4.78, 5) is 15.5. The predicted molar refractivity (Wildman–Crippen MR) is 118 cm³/mol. The monoisotopic (exact) mass is 422 g/mol. The smallest absolute Gasteiger partial charge is 0.318 e. The van der Waals surface area contributed by atoms with Crippen molar-refractivity contribution in [2.45, 2.75) is 20.3 Å². The van der Waals surface area contributed by atoms with Gasteiger partial charge in [-0.3, -0.25) is 4.98 Å². The van der Waals surface area contributed by atoms with Crippen LogP contribution in [0.5, 0.6) is 6.01 Å². The summed E-state index contributed by atoms with van der Waals surface area (Å²) in [6.07, 6.45) is 4.08. The van der Waals surface area contributed by atoms with E-state index in [1.807, 2.05) is 44.2 Å². The first-order chi connectivity index (χ1) is 15.2. The van der Waals surface area contributed by atoms with Gasteiger partial charge in [-0.05, 0) is 31.5 Å². The van der Waals surface area contributed by atoms with E-state index in [0.717, 1.165) is 35.9 Å². The Morgan fingerprint density at radius 1 is 1.19 bits per heavy atom. The Hall–Kier alpha value is -3.46. The maximum Gasteiger partial charge on any atom is 0.318 e. The number of ether oxygens (including phenoxy) is 2. The lowest BCUT2D eigenvalue weighted by Crippen LogP contribution is -2.37. The summed E-state index contributed by atoms with van der Waals surface area (Å²) in [5, 5.41) is 4.25. The molecule has 31 heavy (non-hydrogen) atoms. The summed E-state index contributed by atoms with van der Waals surface area (Å²) in [6.45, 7) is 7.21. The van der Waals surface area contributed by atoms with E-state index in [2.05, 4.69) is 30.4 Å². The van der Waals surface area contributed by atoms with Crippen molar-refractivity contribution in [1.82, 2.24) is 15.0 Å². The molecule has 1 aliphatic heterocycles. The van der Waals surface area contributed by atoms with E-state index in [1.54, 1.807) is 12.4 Å². The van der Waals surface area contributed by atoms with Crippen LogP contribution in [0.1, 0.15) is 22.7 Å². The third-order valence-electron chi connectivity index (χ3n) is 4.90. The first kappa shape index (κ1) is 20.8. The summed E-state index contributed by atoms with van der Waals surface area (Å²) in [5.74, 6) is 2.23. The van der Waals surface area contributed by atoms with Gasteiger partial charge in [0.1, 0.15) is 11.6 Å². The van der Waals surface area contributed by atoms with Crippen LogP contribution in [-0.4, -0.2) is 54.1 Å². The summed E-state index contributed by atoms with van der Waals surface area (Å²) in [6, 6.07) is 9.92. The number of pyridine rings is 1. The summed E-state index contributed by atoms with van der Waals surface area (Å²) < 4.78 is 16.9. The highest BCUT2D eigenvalue weighted by Crippen LogP contribution is 2.19. The Bertz CT molecular complexity index is 996. The number of aryl methyl sites for hydroxylation is 2. The molecule has 3 aromatic rings. The Morgan fingerprint density at radius 3 is 2.81 bits per heavy atom. The third kappa shape index (κ3) is 5.79. The van der Waals surface area contributed by atoms with Crippen molar-refractivity contribution in [3.8, 4) is 6.01 Å². The van der Waals surface area contributed by atoms with E-state index in [4.69, 9.17) is 13.9 Å². The zero-order valence-corrected chi connectivity index (χ0v) is 17.7. The van der Waals surface area contributed by atoms with Crippen LogP contribution in [0.15, 0.2) is 46.0 Å². The second-order valence-corrected chi connectivity index (χ2v) is 7.17. The third-order valence-corrected chi connectivity index (χ3v) is 4.90. The van der Waals surface area contributed by atoms with Crippen LogP contribution < -0.4 is 15.1 Å². The minimum atomic E-state index is 0.311. The average Bonchev–Trinajstić information content (AvgIpc) is 3.12. The lowest BCUT2D eigenvalue weighted by atomic mass is 10.3. The number of morpholine rings is 1. The van der Waals surface area contributed by atoms with Crippen LogP contribution in [0.25, 0.3) is 0 Å². The number of nitrogens with zero attached hydrogens (tertiary/aromatic N) is 5. The number of anilines is 2. The number of nitrogens with one attached hydrogen (secondary N) is 1. The Kier molecular flexibility index (Phi) is 6.73. The van der Waals surface area contributed by atoms with Crippen LogP contribution in [0.4, 0.5) is 11.7 Å². The molecule has 4 rings (SSSR count). The van der Waals surface area contributed by atoms with Gasteiger partial charge in [0.05, 0.1) is 31.7 Å². The highest BCUT2D eigenvalue weighted by atomic mass is 16.5. The van der Waals surface area contributed by atoms with Crippen molar-refractivity contribution in [3.63, 3.8) is 0 Å². The van der Waals surface area contributed by atoms with Crippen LogP contribution in [0.2, 0.25) is 0 Å². The van der Waals surface area contributed by atoms with Crippen molar-refractivity contribution < 1.29 is 13.9 Å². The van der Waals surface area contributed by atoms with Gasteiger partial charge >= 0.3 is 6.01 Å². The van der Waals surface area contributed by atoms with E-state index in [9.17, 15) is 0 Å². The molecule has 3 aromatic heterocycles. The van der Waals surface area contributed by atoms with Crippen molar-refractivity contribution in [3.05, 3.63) is 59.2 Å². The van der Waals surface area contributed by atoms with Gasteiger partial charge in [-0.2, -0.15) is 15.1 Å². The lowest BCUT2D eigenvalue weighted by Gasteiger charge is -2.28. The number of hydrogen-bond donors (Lipinski definition) is 1. The highest BCUT2D eigenvalue weighted by molar-refractivity contribution is 5.79. The molecule has 162 valence electrons. The minimum Gasteiger partial charge on any atom is -0.463 e. The molecule has 1 fully saturated rings. The molecule has 9 heteroatoms. The molecule has 0 saturated carbocycles. The highest BCUT2D eigenvalue weighted by Gasteiger charge is 2.15. The van der Waals surface area contributed by atoms with Gasteiger partial charge in [-0.1, -0.05) is 6.07 Å². The molecule has 4 heterocycles. The Morgan fingerprint density at radius 2 is 2.06 bits per heavy atom. The fourth-order valence-electron chi connectivity index (χ4n) is 3.10. The number of aromatic nitrogens is 3. The lowest BCUT2D eigenvalue weighted by molar-refractivity contribution is 0.122. The number of hydrogen-bond acceptors (Lipinski definition) is 9. The molecule has 0 spiro atoms. The van der Waals surface area contributed by atoms with Crippen molar-refractivity contribution in [2.24, 2.45) is 5.10 Å². The van der Waals surface area contributed by atoms with Gasteiger partial charge in [-0.25, -0.2) is 5.43 Å². The summed E-state index contributed by atoms with van der Waals surface area (Å²) >= 11 is 0. The van der Waals surface area contributed by atoms with Crippen LogP contribution in [-0.2, 0) is 11.2 Å². The summed E-state index contributed by atoms with van der Waals surface area (Å²) in [5.41, 5.74) is 5.56. The molecule has 0 unspecified atom stereocenters. The van der Waals surface area contributed by atoms with E-state index in [1.165, 1.54) is 0 Å². The number of rotatable bonds is 8. The number of furan rings is 1. The van der Waals surface area contributed by atoms with E-state index in [-0.39, 0.29) is 0 Å². The molecule has 0 atom stereocenters. The fourth-order valence-corrected chi connectivity index (χ4v) is 3.10.